The quantitative estimate of drug-likeness (QED) is 0.743. The standard InChI is InChI=1S/C17H15NO2/c1-11-7-8-12(2)15(9-11)18-16(19)10-13-5-3-4-6-14(13)17(18)20/h3-9H,10H2,1-2H3. The molecule has 0 radical (unpaired) electrons. The number of nitrogens with zero attached hydrogens (tertiary/aromatic N) is 1. The lowest BCUT2D eigenvalue weighted by Gasteiger charge is -2.28. The molecule has 2 aromatic rings. The third-order valence-electron chi connectivity index (χ3n) is 3.65. The first-order valence-electron chi connectivity index (χ1n) is 6.60. The first-order valence-corrected chi connectivity index (χ1v) is 6.60. The number of hydrogen-bond donors (Lipinski definition) is 0. The van der Waals surface area contributed by atoms with Crippen molar-refractivity contribution in [1.82, 2.24) is 0 Å². The molecule has 20 heavy (non-hydrogen) atoms. The SMILES string of the molecule is Cc1ccc(C)c(N2C(=O)Cc3ccccc3C2=O)c1. The van der Waals surface area contributed by atoms with Crippen LogP contribution in [0.1, 0.15) is 27.0 Å². The summed E-state index contributed by atoms with van der Waals surface area (Å²) in [7, 11) is 0. The Morgan fingerprint density at radius 1 is 1.00 bits per heavy atom. The van der Waals surface area contributed by atoms with Gasteiger partial charge in [0.15, 0.2) is 0 Å². The van der Waals surface area contributed by atoms with Gasteiger partial charge in [-0.2, -0.15) is 0 Å². The number of fused-ring (bicyclic) bond motifs is 1. The normalized spacial score (nSPS) is 14.4. The first kappa shape index (κ1) is 12.6. The molecule has 0 saturated heterocycles. The van der Waals surface area contributed by atoms with E-state index in [1.807, 2.05) is 50.2 Å². The van der Waals surface area contributed by atoms with Crippen molar-refractivity contribution in [3.05, 3.63) is 64.7 Å². The molecule has 0 spiro atoms. The molecule has 0 aromatic heterocycles. The molecule has 1 heterocycles. The van der Waals surface area contributed by atoms with E-state index in [0.29, 0.717) is 11.3 Å². The van der Waals surface area contributed by atoms with E-state index < -0.39 is 0 Å². The van der Waals surface area contributed by atoms with Crippen molar-refractivity contribution in [2.75, 3.05) is 4.90 Å². The lowest BCUT2D eigenvalue weighted by molar-refractivity contribution is -0.117. The summed E-state index contributed by atoms with van der Waals surface area (Å²) in [6.07, 6.45) is 0.273. The molecule has 0 N–H and O–H groups in total. The Morgan fingerprint density at radius 3 is 2.55 bits per heavy atom. The predicted octanol–water partition coefficient (Wildman–Crippen LogP) is 3.03. The van der Waals surface area contributed by atoms with Crippen LogP contribution >= 0.6 is 0 Å². The monoisotopic (exact) mass is 265 g/mol. The van der Waals surface area contributed by atoms with E-state index in [-0.39, 0.29) is 18.2 Å². The number of anilines is 1. The van der Waals surface area contributed by atoms with Gasteiger partial charge in [0.1, 0.15) is 0 Å². The molecule has 2 aromatic carbocycles. The van der Waals surface area contributed by atoms with E-state index in [2.05, 4.69) is 0 Å². The zero-order valence-corrected chi connectivity index (χ0v) is 11.5. The Labute approximate surface area is 117 Å². The Morgan fingerprint density at radius 2 is 1.75 bits per heavy atom. The first-order chi connectivity index (χ1) is 9.58. The van der Waals surface area contributed by atoms with Crippen molar-refractivity contribution in [1.29, 1.82) is 0 Å². The zero-order chi connectivity index (χ0) is 14.3. The van der Waals surface area contributed by atoms with Crippen molar-refractivity contribution in [2.24, 2.45) is 0 Å². The fraction of sp³-hybridized carbons (Fsp3) is 0.176. The summed E-state index contributed by atoms with van der Waals surface area (Å²) in [5, 5.41) is 0. The van der Waals surface area contributed by atoms with Gasteiger partial charge in [0.2, 0.25) is 5.91 Å². The highest BCUT2D eigenvalue weighted by molar-refractivity contribution is 6.24. The second kappa shape index (κ2) is 4.60. The highest BCUT2D eigenvalue weighted by atomic mass is 16.2. The molecule has 3 nitrogen and oxygen atoms in total. The van der Waals surface area contributed by atoms with Crippen LogP contribution in [-0.4, -0.2) is 11.8 Å². The molecule has 0 fully saturated rings. The summed E-state index contributed by atoms with van der Waals surface area (Å²) in [6.45, 7) is 3.87. The molecule has 0 aliphatic carbocycles. The van der Waals surface area contributed by atoms with Crippen LogP contribution in [0.3, 0.4) is 0 Å². The van der Waals surface area contributed by atoms with Gasteiger partial charge >= 0.3 is 0 Å². The minimum Gasteiger partial charge on any atom is -0.274 e. The maximum Gasteiger partial charge on any atom is 0.265 e. The van der Waals surface area contributed by atoms with Crippen LogP contribution in [0.5, 0.6) is 0 Å². The molecule has 1 aliphatic heterocycles. The van der Waals surface area contributed by atoms with E-state index in [1.54, 1.807) is 6.07 Å². The van der Waals surface area contributed by atoms with Crippen LogP contribution in [0.15, 0.2) is 42.5 Å². The third kappa shape index (κ3) is 1.92. The Hall–Kier alpha value is -2.42. The van der Waals surface area contributed by atoms with Gasteiger partial charge in [0, 0.05) is 5.56 Å². The van der Waals surface area contributed by atoms with Crippen molar-refractivity contribution >= 4 is 17.5 Å². The number of rotatable bonds is 1. The van der Waals surface area contributed by atoms with Crippen molar-refractivity contribution in [3.8, 4) is 0 Å². The Balaban J connectivity index is 2.14. The van der Waals surface area contributed by atoms with Gasteiger partial charge in [-0.05, 0) is 42.7 Å². The van der Waals surface area contributed by atoms with Gasteiger partial charge in [0.05, 0.1) is 12.1 Å². The number of aryl methyl sites for hydroxylation is 2. The molecule has 2 amide bonds. The number of imide groups is 1. The summed E-state index contributed by atoms with van der Waals surface area (Å²) in [5.74, 6) is -0.395. The lowest BCUT2D eigenvalue weighted by atomic mass is 9.97. The van der Waals surface area contributed by atoms with Crippen molar-refractivity contribution in [2.45, 2.75) is 20.3 Å². The van der Waals surface area contributed by atoms with Crippen molar-refractivity contribution < 1.29 is 9.59 Å². The lowest BCUT2D eigenvalue weighted by Crippen LogP contribution is -2.42. The highest BCUT2D eigenvalue weighted by Crippen LogP contribution is 2.28. The second-order valence-corrected chi connectivity index (χ2v) is 5.16. The number of amides is 2. The predicted molar refractivity (Wildman–Crippen MR) is 77.9 cm³/mol. The van der Waals surface area contributed by atoms with Crippen LogP contribution in [0.25, 0.3) is 0 Å². The fourth-order valence-electron chi connectivity index (χ4n) is 2.56. The van der Waals surface area contributed by atoms with E-state index in [0.717, 1.165) is 16.7 Å². The largest absolute Gasteiger partial charge is 0.274 e. The molecule has 100 valence electrons. The molecular weight excluding hydrogens is 250 g/mol. The van der Waals surface area contributed by atoms with Gasteiger partial charge < -0.3 is 0 Å². The van der Waals surface area contributed by atoms with E-state index >= 15 is 0 Å². The van der Waals surface area contributed by atoms with Gasteiger partial charge in [-0.25, -0.2) is 4.90 Å². The summed E-state index contributed by atoms with van der Waals surface area (Å²) >= 11 is 0. The summed E-state index contributed by atoms with van der Waals surface area (Å²) in [4.78, 5) is 26.2. The zero-order valence-electron chi connectivity index (χ0n) is 11.5. The highest BCUT2D eigenvalue weighted by Gasteiger charge is 2.32. The average molecular weight is 265 g/mol. The maximum absolute atomic E-state index is 12.6. The van der Waals surface area contributed by atoms with Gasteiger partial charge in [-0.3, -0.25) is 9.59 Å². The van der Waals surface area contributed by atoms with E-state index in [9.17, 15) is 9.59 Å². The van der Waals surface area contributed by atoms with Crippen LogP contribution in [0.2, 0.25) is 0 Å². The molecule has 0 bridgehead atoms. The summed E-state index contributed by atoms with van der Waals surface area (Å²) < 4.78 is 0. The van der Waals surface area contributed by atoms with Crippen LogP contribution in [0, 0.1) is 13.8 Å². The Bertz CT molecular complexity index is 719. The van der Waals surface area contributed by atoms with E-state index in [1.165, 1.54) is 4.90 Å². The van der Waals surface area contributed by atoms with Crippen molar-refractivity contribution in [3.63, 3.8) is 0 Å². The average Bonchev–Trinajstić information content (AvgIpc) is 2.42. The van der Waals surface area contributed by atoms with Gasteiger partial charge in [0.25, 0.3) is 5.91 Å². The van der Waals surface area contributed by atoms with Gasteiger partial charge in [-0.15, -0.1) is 0 Å². The maximum atomic E-state index is 12.6. The third-order valence-corrected chi connectivity index (χ3v) is 3.65. The van der Waals surface area contributed by atoms with Crippen LogP contribution < -0.4 is 4.90 Å². The molecule has 3 heteroatoms. The second-order valence-electron chi connectivity index (χ2n) is 5.16. The number of hydrogen-bond acceptors (Lipinski definition) is 2. The molecular formula is C17H15NO2. The van der Waals surface area contributed by atoms with Gasteiger partial charge in [-0.1, -0.05) is 30.3 Å². The summed E-state index contributed by atoms with van der Waals surface area (Å²) in [6, 6.07) is 13.1. The minimum absolute atomic E-state index is 0.164. The molecule has 3 rings (SSSR count). The number of benzene rings is 2. The minimum atomic E-state index is -0.231. The molecule has 0 unspecified atom stereocenters. The number of carbonyl (C=O) groups excluding carboxylic acids is 2. The Kier molecular flexibility index (Phi) is 2.90. The molecule has 0 saturated carbocycles. The van der Waals surface area contributed by atoms with Crippen LogP contribution in [0.4, 0.5) is 5.69 Å². The topological polar surface area (TPSA) is 37.4 Å². The summed E-state index contributed by atoms with van der Waals surface area (Å²) in [5.41, 5.74) is 4.08. The smallest absolute Gasteiger partial charge is 0.265 e. The van der Waals surface area contributed by atoms with E-state index in [4.69, 9.17) is 0 Å². The molecule has 0 atom stereocenters. The fourth-order valence-corrected chi connectivity index (χ4v) is 2.56. The molecule has 1 aliphatic rings. The van der Waals surface area contributed by atoms with Crippen LogP contribution in [-0.2, 0) is 11.2 Å². The number of carbonyl (C=O) groups is 2.